The van der Waals surface area contributed by atoms with Gasteiger partial charge in [-0.2, -0.15) is 5.26 Å². The number of rotatable bonds is 18. The van der Waals surface area contributed by atoms with E-state index >= 15 is 0 Å². The van der Waals surface area contributed by atoms with Crippen LogP contribution in [-0.2, 0) is 4.79 Å². The molecule has 3 heterocycles. The summed E-state index contributed by atoms with van der Waals surface area (Å²) in [5, 5.41) is 18.5. The van der Waals surface area contributed by atoms with E-state index in [4.69, 9.17) is 9.47 Å². The fourth-order valence-electron chi connectivity index (χ4n) is 5.89. The molecule has 3 aromatic carbocycles. The molecule has 0 bridgehead atoms. The van der Waals surface area contributed by atoms with Gasteiger partial charge in [0.15, 0.2) is 0 Å². The highest BCUT2D eigenvalue weighted by atomic mass is 32.1. The van der Waals surface area contributed by atoms with Crippen LogP contribution in [0.15, 0.2) is 90.5 Å². The Morgan fingerprint density at radius 2 is 1.22 bits per heavy atom. The maximum atomic E-state index is 11.3. The van der Waals surface area contributed by atoms with Gasteiger partial charge >= 0.3 is 5.97 Å². The lowest BCUT2D eigenvalue weighted by molar-refractivity contribution is -0.132. The number of unbranched alkanes of at least 4 members (excludes halogenated alkanes) is 6. The van der Waals surface area contributed by atoms with E-state index in [9.17, 15) is 15.2 Å². The van der Waals surface area contributed by atoms with Crippen molar-refractivity contribution < 1.29 is 19.4 Å². The van der Waals surface area contributed by atoms with E-state index in [0.717, 1.165) is 74.5 Å². The van der Waals surface area contributed by atoms with Crippen molar-refractivity contribution in [1.29, 1.82) is 5.26 Å². The highest BCUT2D eigenvalue weighted by Crippen LogP contribution is 2.47. The third-order valence-corrected chi connectivity index (χ3v) is 12.4. The van der Waals surface area contributed by atoms with Crippen LogP contribution in [0.1, 0.15) is 70.1 Å². The normalized spacial score (nSPS) is 11.6. The number of hydrogen-bond acceptors (Lipinski definition) is 8. The first kappa shape index (κ1) is 36.2. The molecule has 0 aliphatic rings. The van der Waals surface area contributed by atoms with Gasteiger partial charge in [-0.05, 0) is 97.3 Å². The summed E-state index contributed by atoms with van der Waals surface area (Å²) in [6, 6.07) is 31.3. The van der Waals surface area contributed by atoms with Crippen LogP contribution in [0.5, 0.6) is 11.5 Å². The number of hydrogen-bond donors (Lipinski definition) is 1. The van der Waals surface area contributed by atoms with Crippen molar-refractivity contribution in [3.05, 3.63) is 95.4 Å². The molecule has 1 N–H and O–H groups in total. The topological polar surface area (TPSA) is 82.8 Å². The van der Waals surface area contributed by atoms with Crippen LogP contribution >= 0.6 is 34.0 Å². The summed E-state index contributed by atoms with van der Waals surface area (Å²) in [4.78, 5) is 15.5. The van der Waals surface area contributed by atoms with Crippen molar-refractivity contribution in [2.45, 2.75) is 65.2 Å². The maximum absolute atomic E-state index is 11.3. The molecule has 0 saturated heterocycles. The molecule has 0 amide bonds. The molecule has 0 fully saturated rings. The summed E-state index contributed by atoms with van der Waals surface area (Å²) in [5.41, 5.74) is 4.00. The first-order chi connectivity index (χ1) is 25.0. The van der Waals surface area contributed by atoms with E-state index in [1.165, 1.54) is 70.2 Å². The van der Waals surface area contributed by atoms with E-state index in [1.54, 1.807) is 28.7 Å². The maximum Gasteiger partial charge on any atom is 0.346 e. The molecule has 6 nitrogen and oxygen atoms in total. The number of aliphatic carboxylic acids is 1. The van der Waals surface area contributed by atoms with Crippen LogP contribution < -0.4 is 14.4 Å². The van der Waals surface area contributed by atoms with Crippen LogP contribution in [0, 0.1) is 11.3 Å². The average Bonchev–Trinajstić information content (AvgIpc) is 3.83. The SMILES string of the molecule is CCCCCCOc1ccc(N(c2ccc(OCCCCCC)cc2)c2ccc(-c3cc4sc5cc(/C=C(/C#N)C(=O)O)sc5c4s3)cc2)cc1. The van der Waals surface area contributed by atoms with Crippen molar-refractivity contribution in [3.8, 4) is 28.0 Å². The Hall–Kier alpha value is -4.62. The zero-order valence-electron chi connectivity index (χ0n) is 29.0. The predicted octanol–water partition coefficient (Wildman–Crippen LogP) is 13.2. The monoisotopic (exact) mass is 734 g/mol. The molecule has 0 atom stereocenters. The molecular weight excluding hydrogens is 693 g/mol. The summed E-state index contributed by atoms with van der Waals surface area (Å²) in [7, 11) is 0. The highest BCUT2D eigenvalue weighted by Gasteiger charge is 2.17. The Morgan fingerprint density at radius 3 is 1.73 bits per heavy atom. The van der Waals surface area contributed by atoms with Crippen LogP contribution in [-0.4, -0.2) is 24.3 Å². The van der Waals surface area contributed by atoms with Gasteiger partial charge < -0.3 is 19.5 Å². The first-order valence-corrected chi connectivity index (χ1v) is 20.1. The van der Waals surface area contributed by atoms with Crippen molar-refractivity contribution in [1.82, 2.24) is 0 Å². The van der Waals surface area contributed by atoms with Crippen LogP contribution in [0.25, 0.3) is 35.3 Å². The zero-order chi connectivity index (χ0) is 35.6. The summed E-state index contributed by atoms with van der Waals surface area (Å²) in [6.45, 7) is 5.90. The second kappa shape index (κ2) is 17.5. The van der Waals surface area contributed by atoms with Gasteiger partial charge in [-0.15, -0.1) is 34.0 Å². The fraction of sp³-hybridized carbons (Fsp3) is 0.286. The van der Waals surface area contributed by atoms with Gasteiger partial charge in [-0.1, -0.05) is 64.5 Å². The largest absolute Gasteiger partial charge is 0.494 e. The van der Waals surface area contributed by atoms with Crippen molar-refractivity contribution in [2.75, 3.05) is 18.1 Å². The van der Waals surface area contributed by atoms with Gasteiger partial charge in [0.1, 0.15) is 23.1 Å². The molecule has 51 heavy (non-hydrogen) atoms. The summed E-state index contributed by atoms with van der Waals surface area (Å²) >= 11 is 4.96. The number of nitriles is 1. The fourth-order valence-corrected chi connectivity index (χ4v) is 9.88. The Balaban J connectivity index is 1.24. The minimum atomic E-state index is -1.21. The molecule has 0 spiro atoms. The number of ether oxygens (including phenoxy) is 2. The lowest BCUT2D eigenvalue weighted by Crippen LogP contribution is -2.10. The van der Waals surface area contributed by atoms with E-state index in [-0.39, 0.29) is 5.57 Å². The van der Waals surface area contributed by atoms with Crippen LogP contribution in [0.2, 0.25) is 0 Å². The summed E-state index contributed by atoms with van der Waals surface area (Å²) < 4.78 is 16.7. The second-order valence-electron chi connectivity index (χ2n) is 12.4. The number of anilines is 3. The molecule has 262 valence electrons. The number of fused-ring (bicyclic) bond motifs is 3. The second-order valence-corrected chi connectivity index (χ2v) is 15.6. The van der Waals surface area contributed by atoms with Crippen LogP contribution in [0.4, 0.5) is 17.1 Å². The third kappa shape index (κ3) is 9.01. The van der Waals surface area contributed by atoms with E-state index in [0.29, 0.717) is 0 Å². The number of carboxylic acids is 1. The molecule has 0 aliphatic heterocycles. The minimum Gasteiger partial charge on any atom is -0.494 e. The molecule has 3 aromatic heterocycles. The third-order valence-electron chi connectivity index (χ3n) is 8.61. The number of carbonyl (C=O) groups is 1. The lowest BCUT2D eigenvalue weighted by Gasteiger charge is -2.26. The highest BCUT2D eigenvalue weighted by molar-refractivity contribution is 7.39. The Morgan fingerprint density at radius 1 is 0.706 bits per heavy atom. The van der Waals surface area contributed by atoms with Crippen molar-refractivity contribution in [2.24, 2.45) is 0 Å². The van der Waals surface area contributed by atoms with Gasteiger partial charge in [0.25, 0.3) is 0 Å². The minimum absolute atomic E-state index is 0.259. The van der Waals surface area contributed by atoms with E-state index in [2.05, 4.69) is 97.6 Å². The first-order valence-electron chi connectivity index (χ1n) is 17.6. The molecule has 0 saturated carbocycles. The number of carboxylic acid groups (broad SMARTS) is 1. The molecule has 0 aliphatic carbocycles. The number of benzene rings is 3. The average molecular weight is 735 g/mol. The Bertz CT molecular complexity index is 2060. The Kier molecular flexibility index (Phi) is 12.4. The molecule has 6 rings (SSSR count). The van der Waals surface area contributed by atoms with Crippen LogP contribution in [0.3, 0.4) is 0 Å². The van der Waals surface area contributed by atoms with Gasteiger partial charge in [-0.25, -0.2) is 4.79 Å². The van der Waals surface area contributed by atoms with Gasteiger partial charge in [0, 0.05) is 36.2 Å². The zero-order valence-corrected chi connectivity index (χ0v) is 31.5. The van der Waals surface area contributed by atoms with Gasteiger partial charge in [-0.3, -0.25) is 0 Å². The quantitative estimate of drug-likeness (QED) is 0.0538. The molecule has 6 aromatic rings. The number of nitrogens with zero attached hydrogens (tertiary/aromatic N) is 2. The standard InChI is InChI=1S/C42H42N2O4S3/c1-3-5-7-9-23-47-34-19-15-32(16-20-34)44(33-17-21-35(22-18-33)48-24-10-8-6-4-2)31-13-11-29(12-14-31)37-27-39-41(51-37)40-38(50-39)26-36(49-40)25-30(28-43)42(45)46/h11-22,25-27H,3-10,23-24H2,1-2H3,(H,45,46)/b30-25-. The molecule has 0 radical (unpaired) electrons. The van der Waals surface area contributed by atoms with E-state index < -0.39 is 5.97 Å². The predicted molar refractivity (Wildman–Crippen MR) is 216 cm³/mol. The van der Waals surface area contributed by atoms with Crippen molar-refractivity contribution >= 4 is 81.9 Å². The molecular formula is C42H42N2O4S3. The summed E-state index contributed by atoms with van der Waals surface area (Å²) in [6.07, 6.45) is 10.9. The van der Waals surface area contributed by atoms with Crippen molar-refractivity contribution in [3.63, 3.8) is 0 Å². The summed E-state index contributed by atoms with van der Waals surface area (Å²) in [5.74, 6) is 0.550. The van der Waals surface area contributed by atoms with Gasteiger partial charge in [0.05, 0.1) is 22.6 Å². The van der Waals surface area contributed by atoms with Gasteiger partial charge in [0.2, 0.25) is 0 Å². The lowest BCUT2D eigenvalue weighted by atomic mass is 10.1. The Labute approximate surface area is 311 Å². The molecule has 9 heteroatoms. The molecule has 0 unspecified atom stereocenters. The smallest absolute Gasteiger partial charge is 0.346 e. The van der Waals surface area contributed by atoms with E-state index in [1.807, 2.05) is 6.07 Å². The number of thiophene rings is 3.